The van der Waals surface area contributed by atoms with Gasteiger partial charge in [-0.15, -0.1) is 10.2 Å². The largest absolute Gasteiger partial charge is 0.497 e. The van der Waals surface area contributed by atoms with Crippen molar-refractivity contribution in [2.75, 3.05) is 12.9 Å². The number of carbonyl (C=O) groups is 1. The molecular formula is C23H28N4O2S. The van der Waals surface area contributed by atoms with E-state index in [1.54, 1.807) is 7.11 Å². The van der Waals surface area contributed by atoms with Crippen molar-refractivity contribution in [1.82, 2.24) is 19.3 Å². The number of rotatable bonds is 8. The average Bonchev–Trinajstić information content (AvgIpc) is 3.39. The highest BCUT2D eigenvalue weighted by Crippen LogP contribution is 2.38. The van der Waals surface area contributed by atoms with Crippen molar-refractivity contribution >= 4 is 17.5 Å². The minimum Gasteiger partial charge on any atom is -0.497 e. The van der Waals surface area contributed by atoms with Crippen LogP contribution >= 0.6 is 11.8 Å². The summed E-state index contributed by atoms with van der Waals surface area (Å²) in [4.78, 5) is 13.0. The van der Waals surface area contributed by atoms with Crippen molar-refractivity contribution in [1.29, 1.82) is 0 Å². The predicted octanol–water partition coefficient (Wildman–Crippen LogP) is 5.26. The predicted molar refractivity (Wildman–Crippen MR) is 120 cm³/mol. The highest BCUT2D eigenvalue weighted by molar-refractivity contribution is 7.99. The van der Waals surface area contributed by atoms with Gasteiger partial charge in [-0.2, -0.15) is 0 Å². The van der Waals surface area contributed by atoms with E-state index < -0.39 is 0 Å². The summed E-state index contributed by atoms with van der Waals surface area (Å²) in [6.45, 7) is 8.35. The van der Waals surface area contributed by atoms with E-state index in [0.29, 0.717) is 11.8 Å². The van der Waals surface area contributed by atoms with Crippen LogP contribution in [0.25, 0.3) is 11.4 Å². The fraction of sp³-hybridized carbons (Fsp3) is 0.435. The Balaban J connectivity index is 1.54. The lowest BCUT2D eigenvalue weighted by atomic mass is 10.2. The summed E-state index contributed by atoms with van der Waals surface area (Å²) in [5.74, 6) is 2.10. The van der Waals surface area contributed by atoms with E-state index in [0.717, 1.165) is 33.6 Å². The van der Waals surface area contributed by atoms with Crippen molar-refractivity contribution in [2.24, 2.45) is 0 Å². The first-order chi connectivity index (χ1) is 14.4. The van der Waals surface area contributed by atoms with Crippen LogP contribution in [-0.4, -0.2) is 38.0 Å². The lowest BCUT2D eigenvalue weighted by Crippen LogP contribution is -2.09. The molecule has 1 aliphatic carbocycles. The Hall–Kier alpha value is -2.54. The molecule has 30 heavy (non-hydrogen) atoms. The van der Waals surface area contributed by atoms with E-state index >= 15 is 0 Å². The van der Waals surface area contributed by atoms with Gasteiger partial charge >= 0.3 is 0 Å². The summed E-state index contributed by atoms with van der Waals surface area (Å²) in [7, 11) is 1.65. The standard InChI is InChI=1S/C23H28N4O2S/c1-14(2)26-22(17-6-10-19(29-5)11-7-17)24-25-23(26)30-13-21(28)20-12-15(3)27(16(20)4)18-8-9-18/h6-7,10-12,14,18H,8-9,13H2,1-5H3. The first kappa shape index (κ1) is 20.7. The number of benzene rings is 1. The Morgan fingerprint density at radius 1 is 1.20 bits per heavy atom. The summed E-state index contributed by atoms with van der Waals surface area (Å²) in [5, 5.41) is 9.57. The zero-order valence-corrected chi connectivity index (χ0v) is 19.0. The quantitative estimate of drug-likeness (QED) is 0.364. The second-order valence-electron chi connectivity index (χ2n) is 8.10. The van der Waals surface area contributed by atoms with Gasteiger partial charge in [-0.1, -0.05) is 11.8 Å². The molecule has 0 amide bonds. The lowest BCUT2D eigenvalue weighted by molar-refractivity contribution is 0.102. The molecule has 3 aromatic rings. The van der Waals surface area contributed by atoms with Crippen LogP contribution in [0, 0.1) is 13.8 Å². The van der Waals surface area contributed by atoms with Crippen molar-refractivity contribution in [3.8, 4) is 17.1 Å². The van der Waals surface area contributed by atoms with Crippen LogP contribution < -0.4 is 4.74 Å². The molecule has 0 aliphatic heterocycles. The van der Waals surface area contributed by atoms with Gasteiger partial charge in [-0.3, -0.25) is 9.36 Å². The van der Waals surface area contributed by atoms with Gasteiger partial charge in [0.2, 0.25) is 0 Å². The fourth-order valence-corrected chi connectivity index (χ4v) is 4.89. The molecule has 6 nitrogen and oxygen atoms in total. The Bertz CT molecular complexity index is 1060. The van der Waals surface area contributed by atoms with E-state index in [-0.39, 0.29) is 11.8 Å². The third-order valence-electron chi connectivity index (χ3n) is 5.56. The molecule has 1 aromatic carbocycles. The van der Waals surface area contributed by atoms with E-state index in [1.165, 1.54) is 30.3 Å². The van der Waals surface area contributed by atoms with Crippen LogP contribution in [0.15, 0.2) is 35.5 Å². The van der Waals surface area contributed by atoms with Crippen molar-refractivity contribution in [2.45, 2.75) is 57.8 Å². The number of Topliss-reactive ketones (excluding diaryl/α,β-unsaturated/α-hetero) is 1. The third-order valence-corrected chi connectivity index (χ3v) is 6.50. The van der Waals surface area contributed by atoms with Crippen LogP contribution in [0.2, 0.25) is 0 Å². The van der Waals surface area contributed by atoms with Gasteiger partial charge in [-0.05, 0) is 70.9 Å². The number of aryl methyl sites for hydroxylation is 1. The van der Waals surface area contributed by atoms with Gasteiger partial charge in [0.05, 0.1) is 12.9 Å². The Morgan fingerprint density at radius 3 is 2.50 bits per heavy atom. The number of methoxy groups -OCH3 is 1. The van der Waals surface area contributed by atoms with E-state index in [1.807, 2.05) is 30.3 Å². The average molecular weight is 425 g/mol. The maximum Gasteiger partial charge on any atom is 0.192 e. The zero-order valence-electron chi connectivity index (χ0n) is 18.2. The molecule has 1 fully saturated rings. The van der Waals surface area contributed by atoms with E-state index in [4.69, 9.17) is 4.74 Å². The Kier molecular flexibility index (Phi) is 5.73. The number of nitrogens with zero attached hydrogens (tertiary/aromatic N) is 4. The monoisotopic (exact) mass is 424 g/mol. The van der Waals surface area contributed by atoms with Gasteiger partial charge in [0.15, 0.2) is 16.8 Å². The molecule has 0 radical (unpaired) electrons. The summed E-state index contributed by atoms with van der Waals surface area (Å²) < 4.78 is 9.65. The van der Waals surface area contributed by atoms with Crippen molar-refractivity contribution in [3.63, 3.8) is 0 Å². The molecule has 0 atom stereocenters. The molecule has 7 heteroatoms. The normalized spacial score (nSPS) is 13.8. The topological polar surface area (TPSA) is 61.9 Å². The Morgan fingerprint density at radius 2 is 1.90 bits per heavy atom. The van der Waals surface area contributed by atoms with Gasteiger partial charge in [-0.25, -0.2) is 0 Å². The van der Waals surface area contributed by atoms with Gasteiger partial charge in [0.1, 0.15) is 5.75 Å². The second-order valence-corrected chi connectivity index (χ2v) is 9.04. The molecule has 1 aliphatic rings. The summed E-state index contributed by atoms with van der Waals surface area (Å²) in [6.07, 6.45) is 2.43. The number of hydrogen-bond donors (Lipinski definition) is 0. The second kappa shape index (κ2) is 8.30. The SMILES string of the molecule is COc1ccc(-c2nnc(SCC(=O)c3cc(C)n(C4CC4)c3C)n2C(C)C)cc1. The smallest absolute Gasteiger partial charge is 0.192 e. The Labute approximate surface area is 181 Å². The van der Waals surface area contributed by atoms with Crippen LogP contribution in [0.4, 0.5) is 0 Å². The molecule has 0 N–H and O–H groups in total. The minimum absolute atomic E-state index is 0.143. The number of ketones is 1. The molecule has 0 unspecified atom stereocenters. The molecule has 0 saturated heterocycles. The summed E-state index contributed by atoms with van der Waals surface area (Å²) in [5.41, 5.74) is 4.07. The molecule has 1 saturated carbocycles. The first-order valence-electron chi connectivity index (χ1n) is 10.3. The zero-order chi connectivity index (χ0) is 21.4. The van der Waals surface area contributed by atoms with E-state index in [9.17, 15) is 4.79 Å². The van der Waals surface area contributed by atoms with E-state index in [2.05, 4.69) is 47.0 Å². The number of aromatic nitrogens is 4. The lowest BCUT2D eigenvalue weighted by Gasteiger charge is -2.14. The summed E-state index contributed by atoms with van der Waals surface area (Å²) in [6, 6.07) is 10.6. The highest BCUT2D eigenvalue weighted by atomic mass is 32.2. The molecule has 0 spiro atoms. The number of hydrogen-bond acceptors (Lipinski definition) is 5. The molecule has 158 valence electrons. The maximum atomic E-state index is 13.0. The number of ether oxygens (including phenoxy) is 1. The van der Waals surface area contributed by atoms with Crippen LogP contribution in [0.5, 0.6) is 5.75 Å². The fourth-order valence-electron chi connectivity index (χ4n) is 3.94. The van der Waals surface area contributed by atoms with Crippen molar-refractivity contribution < 1.29 is 9.53 Å². The number of carbonyl (C=O) groups excluding carboxylic acids is 1. The number of thioether (sulfide) groups is 1. The van der Waals surface area contributed by atoms with Crippen LogP contribution in [0.3, 0.4) is 0 Å². The van der Waals surface area contributed by atoms with Crippen molar-refractivity contribution in [3.05, 3.63) is 47.3 Å². The first-order valence-corrected chi connectivity index (χ1v) is 11.3. The highest BCUT2D eigenvalue weighted by Gasteiger charge is 2.28. The van der Waals surface area contributed by atoms with Gasteiger partial charge in [0.25, 0.3) is 0 Å². The molecule has 4 rings (SSSR count). The molecule has 2 heterocycles. The molecule has 0 bridgehead atoms. The van der Waals surface area contributed by atoms with Gasteiger partial charge < -0.3 is 9.30 Å². The van der Waals surface area contributed by atoms with Gasteiger partial charge in [0, 0.05) is 34.6 Å². The van der Waals surface area contributed by atoms with Crippen LogP contribution in [-0.2, 0) is 0 Å². The molecule has 2 aromatic heterocycles. The summed E-state index contributed by atoms with van der Waals surface area (Å²) >= 11 is 1.46. The van der Waals surface area contributed by atoms with Crippen LogP contribution in [0.1, 0.15) is 60.5 Å². The minimum atomic E-state index is 0.143. The molecular weight excluding hydrogens is 396 g/mol. The maximum absolute atomic E-state index is 13.0. The third kappa shape index (κ3) is 3.90.